The summed E-state index contributed by atoms with van der Waals surface area (Å²) in [5.41, 5.74) is 3.48. The minimum Gasteiger partial charge on any atom is -0.340 e. The molecule has 6 heteroatoms. The van der Waals surface area contributed by atoms with Crippen molar-refractivity contribution in [3.8, 4) is 0 Å². The van der Waals surface area contributed by atoms with Crippen LogP contribution in [0, 0.1) is 13.8 Å². The normalized spacial score (nSPS) is 11.2. The number of rotatable bonds is 7. The van der Waals surface area contributed by atoms with E-state index in [1.807, 2.05) is 50.2 Å². The van der Waals surface area contributed by atoms with Gasteiger partial charge in [-0.2, -0.15) is 0 Å². The summed E-state index contributed by atoms with van der Waals surface area (Å²) < 4.78 is 28.0. The largest absolute Gasteiger partial charge is 0.340 e. The summed E-state index contributed by atoms with van der Waals surface area (Å²) in [5, 5.41) is 0. The van der Waals surface area contributed by atoms with Crippen LogP contribution in [0.4, 0.5) is 5.69 Å². The van der Waals surface area contributed by atoms with Crippen molar-refractivity contribution in [1.82, 2.24) is 4.90 Å². The van der Waals surface area contributed by atoms with Gasteiger partial charge in [0.15, 0.2) is 0 Å². The number of amides is 1. The minimum atomic E-state index is -3.90. The summed E-state index contributed by atoms with van der Waals surface area (Å²) in [6.07, 6.45) is 0. The molecule has 0 heterocycles. The molecule has 3 rings (SSSR count). The Morgan fingerprint density at radius 3 is 2.03 bits per heavy atom. The van der Waals surface area contributed by atoms with Gasteiger partial charge >= 0.3 is 0 Å². The topological polar surface area (TPSA) is 57.7 Å². The molecule has 0 radical (unpaired) electrons. The molecule has 0 saturated heterocycles. The Morgan fingerprint density at radius 2 is 1.43 bits per heavy atom. The number of carbonyl (C=O) groups excluding carboxylic acids is 1. The molecule has 0 aromatic heterocycles. The van der Waals surface area contributed by atoms with Crippen molar-refractivity contribution < 1.29 is 13.2 Å². The fourth-order valence-corrected chi connectivity index (χ4v) is 4.53. The number of aryl methyl sites for hydroxylation is 2. The van der Waals surface area contributed by atoms with Crippen molar-refractivity contribution in [2.75, 3.05) is 17.9 Å². The van der Waals surface area contributed by atoms with Crippen LogP contribution < -0.4 is 4.31 Å². The molecule has 3 aromatic carbocycles. The second kappa shape index (κ2) is 9.13. The number of nitrogens with zero attached hydrogens (tertiary/aromatic N) is 2. The van der Waals surface area contributed by atoms with Gasteiger partial charge in [0, 0.05) is 13.6 Å². The van der Waals surface area contributed by atoms with Gasteiger partial charge in [0.2, 0.25) is 5.91 Å². The Bertz CT molecular complexity index is 1110. The zero-order valence-electron chi connectivity index (χ0n) is 17.4. The summed E-state index contributed by atoms with van der Waals surface area (Å²) in [7, 11) is -2.22. The molecule has 1 amide bonds. The third kappa shape index (κ3) is 4.89. The van der Waals surface area contributed by atoms with Crippen LogP contribution in [-0.2, 0) is 21.4 Å². The quantitative estimate of drug-likeness (QED) is 0.575. The molecule has 0 spiro atoms. The maximum atomic E-state index is 13.4. The Hall–Kier alpha value is -3.12. The average Bonchev–Trinajstić information content (AvgIpc) is 2.75. The van der Waals surface area contributed by atoms with Gasteiger partial charge < -0.3 is 4.90 Å². The second-order valence-corrected chi connectivity index (χ2v) is 9.19. The van der Waals surface area contributed by atoms with Crippen molar-refractivity contribution in [3.63, 3.8) is 0 Å². The zero-order chi connectivity index (χ0) is 21.7. The Balaban J connectivity index is 1.93. The Morgan fingerprint density at radius 1 is 0.833 bits per heavy atom. The molecule has 0 bridgehead atoms. The van der Waals surface area contributed by atoms with E-state index in [0.29, 0.717) is 12.2 Å². The lowest BCUT2D eigenvalue weighted by Gasteiger charge is -2.27. The van der Waals surface area contributed by atoms with Crippen LogP contribution in [-0.4, -0.2) is 32.8 Å². The molecule has 156 valence electrons. The lowest BCUT2D eigenvalue weighted by Crippen LogP contribution is -2.41. The first kappa shape index (κ1) is 21.6. The number of benzene rings is 3. The molecule has 0 saturated carbocycles. The van der Waals surface area contributed by atoms with Gasteiger partial charge in [0.25, 0.3) is 10.0 Å². The average molecular weight is 423 g/mol. The number of likely N-dealkylation sites (N-methyl/N-ethyl adjacent to an activating group) is 1. The molecule has 0 N–H and O–H groups in total. The van der Waals surface area contributed by atoms with Crippen molar-refractivity contribution in [2.24, 2.45) is 0 Å². The number of hydrogen-bond acceptors (Lipinski definition) is 3. The van der Waals surface area contributed by atoms with Gasteiger partial charge in [-0.05, 0) is 54.8 Å². The monoisotopic (exact) mass is 422 g/mol. The Labute approximate surface area is 178 Å². The highest BCUT2D eigenvalue weighted by Crippen LogP contribution is 2.26. The van der Waals surface area contributed by atoms with Gasteiger partial charge in [0.05, 0.1) is 10.6 Å². The predicted octanol–water partition coefficient (Wildman–Crippen LogP) is 4.16. The molecular weight excluding hydrogens is 396 g/mol. The van der Waals surface area contributed by atoms with Crippen LogP contribution >= 0.6 is 0 Å². The summed E-state index contributed by atoms with van der Waals surface area (Å²) in [6, 6.07) is 23.2. The SMILES string of the molecule is Cc1ccc(N(CC(=O)N(C)Cc2ccccc2)S(=O)(=O)c2ccccc2)cc1C. The maximum Gasteiger partial charge on any atom is 0.264 e. The summed E-state index contributed by atoms with van der Waals surface area (Å²) in [6.45, 7) is 4.03. The highest BCUT2D eigenvalue weighted by Gasteiger charge is 2.28. The molecule has 5 nitrogen and oxygen atoms in total. The van der Waals surface area contributed by atoms with Crippen LogP contribution in [0.3, 0.4) is 0 Å². The maximum absolute atomic E-state index is 13.4. The first-order valence-corrected chi connectivity index (χ1v) is 11.2. The summed E-state index contributed by atoms with van der Waals surface area (Å²) >= 11 is 0. The van der Waals surface area contributed by atoms with E-state index in [4.69, 9.17) is 0 Å². The molecule has 0 aliphatic carbocycles. The fraction of sp³-hybridized carbons (Fsp3) is 0.208. The number of hydrogen-bond donors (Lipinski definition) is 0. The van der Waals surface area contributed by atoms with Gasteiger partial charge in [-0.25, -0.2) is 8.42 Å². The van der Waals surface area contributed by atoms with Gasteiger partial charge in [-0.1, -0.05) is 54.6 Å². The van der Waals surface area contributed by atoms with Crippen molar-refractivity contribution in [1.29, 1.82) is 0 Å². The third-order valence-electron chi connectivity index (χ3n) is 5.08. The molecule has 0 fully saturated rings. The lowest BCUT2D eigenvalue weighted by atomic mass is 10.1. The molecular formula is C24H26N2O3S. The highest BCUT2D eigenvalue weighted by molar-refractivity contribution is 7.92. The van der Waals surface area contributed by atoms with Crippen LogP contribution in [0.5, 0.6) is 0 Å². The molecule has 0 aliphatic heterocycles. The first-order valence-electron chi connectivity index (χ1n) is 9.72. The highest BCUT2D eigenvalue weighted by atomic mass is 32.2. The van der Waals surface area contributed by atoms with Crippen LogP contribution in [0.15, 0.2) is 83.8 Å². The van der Waals surface area contributed by atoms with E-state index in [1.54, 1.807) is 54.4 Å². The Kier molecular flexibility index (Phi) is 6.57. The zero-order valence-corrected chi connectivity index (χ0v) is 18.3. The third-order valence-corrected chi connectivity index (χ3v) is 6.86. The van der Waals surface area contributed by atoms with E-state index in [1.165, 1.54) is 4.31 Å². The van der Waals surface area contributed by atoms with Gasteiger partial charge in [-0.15, -0.1) is 0 Å². The fourth-order valence-electron chi connectivity index (χ4n) is 3.10. The lowest BCUT2D eigenvalue weighted by molar-refractivity contribution is -0.128. The van der Waals surface area contributed by atoms with Crippen LogP contribution in [0.2, 0.25) is 0 Å². The minimum absolute atomic E-state index is 0.154. The summed E-state index contributed by atoms with van der Waals surface area (Å²) in [5.74, 6) is -0.281. The van der Waals surface area contributed by atoms with Crippen molar-refractivity contribution in [2.45, 2.75) is 25.3 Å². The standard InChI is InChI=1S/C24H26N2O3S/c1-19-14-15-22(16-20(19)2)26(30(28,29)23-12-8-5-9-13-23)18-24(27)25(3)17-21-10-6-4-7-11-21/h4-16H,17-18H2,1-3H3. The number of anilines is 1. The first-order chi connectivity index (χ1) is 14.3. The van der Waals surface area contributed by atoms with E-state index >= 15 is 0 Å². The molecule has 0 aliphatic rings. The molecule has 30 heavy (non-hydrogen) atoms. The van der Waals surface area contributed by atoms with Gasteiger partial charge in [-0.3, -0.25) is 9.10 Å². The van der Waals surface area contributed by atoms with Crippen LogP contribution in [0.25, 0.3) is 0 Å². The molecule has 0 unspecified atom stereocenters. The molecule has 3 aromatic rings. The van der Waals surface area contributed by atoms with E-state index < -0.39 is 10.0 Å². The van der Waals surface area contributed by atoms with Crippen molar-refractivity contribution in [3.05, 3.63) is 95.6 Å². The van der Waals surface area contributed by atoms with Crippen LogP contribution in [0.1, 0.15) is 16.7 Å². The summed E-state index contributed by atoms with van der Waals surface area (Å²) in [4.78, 5) is 14.7. The van der Waals surface area contributed by atoms with E-state index in [-0.39, 0.29) is 17.3 Å². The van der Waals surface area contributed by atoms with E-state index in [0.717, 1.165) is 16.7 Å². The van der Waals surface area contributed by atoms with E-state index in [9.17, 15) is 13.2 Å². The van der Waals surface area contributed by atoms with E-state index in [2.05, 4.69) is 0 Å². The number of carbonyl (C=O) groups is 1. The van der Waals surface area contributed by atoms with Gasteiger partial charge in [0.1, 0.15) is 6.54 Å². The number of sulfonamides is 1. The van der Waals surface area contributed by atoms with Crippen molar-refractivity contribution >= 4 is 21.6 Å². The predicted molar refractivity (Wildman–Crippen MR) is 120 cm³/mol. The second-order valence-electron chi connectivity index (χ2n) is 7.33. The molecule has 0 atom stereocenters. The smallest absolute Gasteiger partial charge is 0.264 e.